The van der Waals surface area contributed by atoms with E-state index in [0.29, 0.717) is 22.9 Å². The second-order valence-electron chi connectivity index (χ2n) is 7.93. The van der Waals surface area contributed by atoms with E-state index in [1.807, 2.05) is 19.1 Å². The molecule has 29 heavy (non-hydrogen) atoms. The van der Waals surface area contributed by atoms with Crippen LogP contribution in [-0.4, -0.2) is 30.4 Å². The molecule has 0 bridgehead atoms. The fraction of sp³-hybridized carbons (Fsp3) is 0.375. The minimum atomic E-state index is -0.177. The SMILES string of the molecule is Cc1ccc([C@@H](CNC(=O)c2oc3ccc(Cl)cc3c2C)N2CCCCC2)cc1. The van der Waals surface area contributed by atoms with E-state index in [0.717, 1.165) is 24.0 Å². The highest BCUT2D eigenvalue weighted by Gasteiger charge is 2.24. The minimum Gasteiger partial charge on any atom is -0.451 e. The average Bonchev–Trinajstić information content (AvgIpc) is 3.06. The van der Waals surface area contributed by atoms with Crippen molar-refractivity contribution in [3.8, 4) is 0 Å². The Hall–Kier alpha value is -2.30. The van der Waals surface area contributed by atoms with E-state index in [9.17, 15) is 4.79 Å². The summed E-state index contributed by atoms with van der Waals surface area (Å²) in [5, 5.41) is 4.64. The van der Waals surface area contributed by atoms with Gasteiger partial charge in [0.2, 0.25) is 0 Å². The highest BCUT2D eigenvalue weighted by Crippen LogP contribution is 2.28. The molecule has 0 aliphatic carbocycles. The van der Waals surface area contributed by atoms with E-state index in [2.05, 4.69) is 41.4 Å². The van der Waals surface area contributed by atoms with Crippen molar-refractivity contribution >= 4 is 28.5 Å². The predicted molar refractivity (Wildman–Crippen MR) is 118 cm³/mol. The molecule has 152 valence electrons. The summed E-state index contributed by atoms with van der Waals surface area (Å²) in [4.78, 5) is 15.4. The Bertz CT molecular complexity index is 1000. The summed E-state index contributed by atoms with van der Waals surface area (Å²) < 4.78 is 5.83. The number of carbonyl (C=O) groups excluding carboxylic acids is 1. The molecule has 4 nitrogen and oxygen atoms in total. The number of halogens is 1. The molecule has 1 fully saturated rings. The van der Waals surface area contributed by atoms with Gasteiger partial charge in [-0.25, -0.2) is 0 Å². The summed E-state index contributed by atoms with van der Waals surface area (Å²) in [6, 6.07) is 14.2. The lowest BCUT2D eigenvalue weighted by molar-refractivity contribution is 0.0898. The molecule has 4 rings (SSSR count). The maximum atomic E-state index is 12.9. The molecule has 2 heterocycles. The van der Waals surface area contributed by atoms with Gasteiger partial charge in [0.25, 0.3) is 5.91 Å². The fourth-order valence-electron chi connectivity index (χ4n) is 4.16. The molecule has 1 amide bonds. The first-order valence-corrected chi connectivity index (χ1v) is 10.7. The Kier molecular flexibility index (Phi) is 5.93. The third-order valence-electron chi connectivity index (χ3n) is 5.85. The Labute approximate surface area is 176 Å². The van der Waals surface area contributed by atoms with Crippen molar-refractivity contribution in [3.05, 3.63) is 69.9 Å². The number of amides is 1. The molecule has 1 aliphatic heterocycles. The number of hydrogen-bond donors (Lipinski definition) is 1. The van der Waals surface area contributed by atoms with Crippen molar-refractivity contribution in [2.24, 2.45) is 0 Å². The van der Waals surface area contributed by atoms with Crippen LogP contribution in [0.4, 0.5) is 0 Å². The third kappa shape index (κ3) is 4.34. The van der Waals surface area contributed by atoms with Gasteiger partial charge < -0.3 is 9.73 Å². The average molecular weight is 411 g/mol. The zero-order valence-electron chi connectivity index (χ0n) is 17.0. The summed E-state index contributed by atoms with van der Waals surface area (Å²) in [7, 11) is 0. The number of fused-ring (bicyclic) bond motifs is 1. The number of nitrogens with zero attached hydrogens (tertiary/aromatic N) is 1. The van der Waals surface area contributed by atoms with E-state index in [1.54, 1.807) is 6.07 Å². The number of furan rings is 1. The van der Waals surface area contributed by atoms with Gasteiger partial charge in [0.05, 0.1) is 6.04 Å². The zero-order valence-corrected chi connectivity index (χ0v) is 17.8. The summed E-state index contributed by atoms with van der Waals surface area (Å²) >= 11 is 6.10. The molecular formula is C24H27ClN2O2. The first kappa shape index (κ1) is 20.0. The molecule has 1 atom stereocenters. The van der Waals surface area contributed by atoms with Crippen molar-refractivity contribution in [1.29, 1.82) is 0 Å². The van der Waals surface area contributed by atoms with Gasteiger partial charge >= 0.3 is 0 Å². The van der Waals surface area contributed by atoms with E-state index in [-0.39, 0.29) is 11.9 Å². The molecule has 1 saturated heterocycles. The number of aryl methyl sites for hydroxylation is 2. The van der Waals surface area contributed by atoms with Crippen LogP contribution in [0.1, 0.15) is 52.5 Å². The fourth-order valence-corrected chi connectivity index (χ4v) is 4.33. The molecule has 5 heteroatoms. The monoisotopic (exact) mass is 410 g/mol. The Morgan fingerprint density at radius 2 is 1.83 bits per heavy atom. The van der Waals surface area contributed by atoms with Gasteiger partial charge in [0.15, 0.2) is 5.76 Å². The van der Waals surface area contributed by atoms with Crippen LogP contribution < -0.4 is 5.32 Å². The van der Waals surface area contributed by atoms with Gasteiger partial charge in [-0.3, -0.25) is 9.69 Å². The van der Waals surface area contributed by atoms with Crippen molar-refractivity contribution in [3.63, 3.8) is 0 Å². The third-order valence-corrected chi connectivity index (χ3v) is 6.09. The quantitative estimate of drug-likeness (QED) is 0.590. The van der Waals surface area contributed by atoms with Gasteiger partial charge in [0.1, 0.15) is 5.58 Å². The maximum absolute atomic E-state index is 12.9. The van der Waals surface area contributed by atoms with Gasteiger partial charge in [-0.15, -0.1) is 0 Å². The summed E-state index contributed by atoms with van der Waals surface area (Å²) in [6.45, 7) is 6.68. The largest absolute Gasteiger partial charge is 0.451 e. The van der Waals surface area contributed by atoms with Crippen LogP contribution in [0, 0.1) is 13.8 Å². The first-order chi connectivity index (χ1) is 14.0. The molecule has 0 radical (unpaired) electrons. The minimum absolute atomic E-state index is 0.166. The van der Waals surface area contributed by atoms with Crippen LogP contribution in [0.5, 0.6) is 0 Å². The first-order valence-electron chi connectivity index (χ1n) is 10.3. The van der Waals surface area contributed by atoms with Crippen molar-refractivity contribution in [1.82, 2.24) is 10.2 Å². The smallest absolute Gasteiger partial charge is 0.287 e. The molecule has 0 saturated carbocycles. The van der Waals surface area contributed by atoms with E-state index in [1.165, 1.54) is 30.4 Å². The van der Waals surface area contributed by atoms with E-state index < -0.39 is 0 Å². The van der Waals surface area contributed by atoms with Crippen molar-refractivity contribution in [2.75, 3.05) is 19.6 Å². The predicted octanol–water partition coefficient (Wildman–Crippen LogP) is 5.66. The second-order valence-corrected chi connectivity index (χ2v) is 8.37. The number of nitrogens with one attached hydrogen (secondary N) is 1. The van der Waals surface area contributed by atoms with E-state index in [4.69, 9.17) is 16.0 Å². The van der Waals surface area contributed by atoms with Crippen LogP contribution >= 0.6 is 11.6 Å². The lowest BCUT2D eigenvalue weighted by Gasteiger charge is -2.35. The number of carbonyl (C=O) groups is 1. The van der Waals surface area contributed by atoms with Crippen LogP contribution in [0.25, 0.3) is 11.0 Å². The van der Waals surface area contributed by atoms with Crippen molar-refractivity contribution in [2.45, 2.75) is 39.2 Å². The topological polar surface area (TPSA) is 45.5 Å². The molecule has 0 spiro atoms. The maximum Gasteiger partial charge on any atom is 0.287 e. The van der Waals surface area contributed by atoms with Crippen LogP contribution in [0.3, 0.4) is 0 Å². The zero-order chi connectivity index (χ0) is 20.4. The molecular weight excluding hydrogens is 384 g/mol. The van der Waals surface area contributed by atoms with E-state index >= 15 is 0 Å². The number of piperidine rings is 1. The molecule has 1 N–H and O–H groups in total. The number of likely N-dealkylation sites (tertiary alicyclic amines) is 1. The molecule has 2 aromatic carbocycles. The lowest BCUT2D eigenvalue weighted by atomic mass is 10.0. The van der Waals surface area contributed by atoms with Gasteiger partial charge in [-0.05, 0) is 63.5 Å². The Morgan fingerprint density at radius 1 is 1.10 bits per heavy atom. The molecule has 3 aromatic rings. The Balaban J connectivity index is 1.54. The van der Waals surface area contributed by atoms with Crippen LogP contribution in [-0.2, 0) is 0 Å². The normalized spacial score (nSPS) is 16.1. The second kappa shape index (κ2) is 8.60. The standard InChI is InChI=1S/C24H27ClN2O2/c1-16-6-8-18(9-7-16)21(27-12-4-3-5-13-27)15-26-24(28)23-17(2)20-14-19(25)10-11-22(20)29-23/h6-11,14,21H,3-5,12-13,15H2,1-2H3,(H,26,28)/t21-/m1/s1. The highest BCUT2D eigenvalue weighted by molar-refractivity contribution is 6.31. The van der Waals surface area contributed by atoms with Crippen molar-refractivity contribution < 1.29 is 9.21 Å². The van der Waals surface area contributed by atoms with Gasteiger partial charge in [-0.2, -0.15) is 0 Å². The summed E-state index contributed by atoms with van der Waals surface area (Å²) in [5.41, 5.74) is 3.99. The molecule has 1 aliphatic rings. The van der Waals surface area contributed by atoms with Crippen LogP contribution in [0.15, 0.2) is 46.9 Å². The Morgan fingerprint density at radius 3 is 2.55 bits per heavy atom. The summed E-state index contributed by atoms with van der Waals surface area (Å²) in [6.07, 6.45) is 3.70. The number of hydrogen-bond acceptors (Lipinski definition) is 3. The summed E-state index contributed by atoms with van der Waals surface area (Å²) in [5.74, 6) is 0.188. The molecule has 0 unspecified atom stereocenters. The molecule has 1 aromatic heterocycles. The van der Waals surface area contributed by atoms with Gasteiger partial charge in [-0.1, -0.05) is 47.9 Å². The highest BCUT2D eigenvalue weighted by atomic mass is 35.5. The van der Waals surface area contributed by atoms with Crippen LogP contribution in [0.2, 0.25) is 5.02 Å². The number of rotatable bonds is 5. The van der Waals surface area contributed by atoms with Gasteiger partial charge in [0, 0.05) is 22.5 Å². The lowest BCUT2D eigenvalue weighted by Crippen LogP contribution is -2.40. The number of benzene rings is 2.